The van der Waals surface area contributed by atoms with E-state index in [2.05, 4.69) is 10.3 Å². The van der Waals surface area contributed by atoms with E-state index in [4.69, 9.17) is 4.74 Å². The zero-order chi connectivity index (χ0) is 27.1. The summed E-state index contributed by atoms with van der Waals surface area (Å²) in [5, 5.41) is 2.56. The van der Waals surface area contributed by atoms with E-state index in [0.29, 0.717) is 12.4 Å². The van der Waals surface area contributed by atoms with Crippen LogP contribution in [0.3, 0.4) is 0 Å². The van der Waals surface area contributed by atoms with Gasteiger partial charge < -0.3 is 19.9 Å². The lowest BCUT2D eigenvalue weighted by Gasteiger charge is -2.35. The van der Waals surface area contributed by atoms with E-state index in [1.54, 1.807) is 12.1 Å². The van der Waals surface area contributed by atoms with Gasteiger partial charge in [0.25, 0.3) is 5.91 Å². The lowest BCUT2D eigenvalue weighted by molar-refractivity contribution is -0.138. The van der Waals surface area contributed by atoms with E-state index in [1.807, 2.05) is 30.3 Å². The van der Waals surface area contributed by atoms with Gasteiger partial charge in [-0.2, -0.15) is 13.2 Å². The van der Waals surface area contributed by atoms with Crippen molar-refractivity contribution in [2.45, 2.75) is 19.2 Å². The molecule has 8 nitrogen and oxygen atoms in total. The third kappa shape index (κ3) is 6.87. The number of carbonyl (C=O) groups is 3. The maximum Gasteiger partial charge on any atom is 0.417 e. The molecule has 3 aromatic rings. The normalized spacial score (nSPS) is 13.7. The van der Waals surface area contributed by atoms with Gasteiger partial charge in [-0.05, 0) is 29.8 Å². The van der Waals surface area contributed by atoms with E-state index >= 15 is 0 Å². The summed E-state index contributed by atoms with van der Waals surface area (Å²) in [5.41, 5.74) is -0.424. The molecule has 1 aliphatic heterocycles. The molecule has 0 saturated carbocycles. The first-order valence-corrected chi connectivity index (χ1v) is 11.9. The number of anilines is 1. The molecule has 0 aliphatic carbocycles. The van der Waals surface area contributed by atoms with Crippen LogP contribution >= 0.6 is 0 Å². The molecule has 38 heavy (non-hydrogen) atoms. The van der Waals surface area contributed by atoms with Gasteiger partial charge in [-0.15, -0.1) is 0 Å². The highest BCUT2D eigenvalue weighted by Gasteiger charge is 2.36. The number of piperazine rings is 1. The molecule has 198 valence electrons. The summed E-state index contributed by atoms with van der Waals surface area (Å²) in [6.07, 6.45) is -3.62. The summed E-state index contributed by atoms with van der Waals surface area (Å²) in [4.78, 5) is 44.4. The largest absolute Gasteiger partial charge is 0.487 e. The van der Waals surface area contributed by atoms with Crippen molar-refractivity contribution in [2.75, 3.05) is 31.5 Å². The Labute approximate surface area is 217 Å². The minimum absolute atomic E-state index is 0.0599. The number of pyridine rings is 1. The third-order valence-corrected chi connectivity index (χ3v) is 5.95. The van der Waals surface area contributed by atoms with Crippen LogP contribution < -0.4 is 10.1 Å². The molecular weight excluding hydrogens is 501 g/mol. The molecule has 0 spiro atoms. The number of hydrogen-bond donors (Lipinski definition) is 1. The molecule has 11 heteroatoms. The molecular formula is C27H25F3N4O4. The average Bonchev–Trinajstić information content (AvgIpc) is 2.92. The van der Waals surface area contributed by atoms with Crippen LogP contribution in [-0.4, -0.2) is 58.7 Å². The number of aromatic nitrogens is 1. The number of nitrogens with one attached hydrogen (secondary N) is 1. The van der Waals surface area contributed by atoms with Crippen molar-refractivity contribution in [3.8, 4) is 5.75 Å². The molecule has 0 unspecified atom stereocenters. The number of amides is 3. The Morgan fingerprint density at radius 3 is 2.18 bits per heavy atom. The number of hydrogen-bond acceptors (Lipinski definition) is 5. The van der Waals surface area contributed by atoms with Gasteiger partial charge >= 0.3 is 6.18 Å². The molecule has 1 N–H and O–H groups in total. The van der Waals surface area contributed by atoms with E-state index in [1.165, 1.54) is 28.1 Å². The van der Waals surface area contributed by atoms with Crippen LogP contribution in [0.2, 0.25) is 0 Å². The topological polar surface area (TPSA) is 91.8 Å². The highest BCUT2D eigenvalue weighted by Crippen LogP contribution is 2.32. The van der Waals surface area contributed by atoms with Gasteiger partial charge in [-0.1, -0.05) is 42.5 Å². The van der Waals surface area contributed by atoms with Crippen LogP contribution in [0.25, 0.3) is 0 Å². The minimum atomic E-state index is -4.65. The second kappa shape index (κ2) is 11.8. The first kappa shape index (κ1) is 26.6. The maximum atomic E-state index is 13.3. The fourth-order valence-corrected chi connectivity index (χ4v) is 3.96. The Hall–Kier alpha value is -4.41. The second-order valence-corrected chi connectivity index (χ2v) is 8.59. The molecule has 4 rings (SSSR count). The fourth-order valence-electron chi connectivity index (χ4n) is 3.96. The summed E-state index contributed by atoms with van der Waals surface area (Å²) in [6, 6.07) is 17.4. The highest BCUT2D eigenvalue weighted by atomic mass is 19.4. The number of nitrogens with zero attached hydrogens (tertiary/aromatic N) is 3. The Morgan fingerprint density at radius 1 is 0.868 bits per heavy atom. The van der Waals surface area contributed by atoms with Crippen molar-refractivity contribution in [1.29, 1.82) is 0 Å². The molecule has 0 radical (unpaired) electrons. The third-order valence-electron chi connectivity index (χ3n) is 5.95. The van der Waals surface area contributed by atoms with Gasteiger partial charge in [0.1, 0.15) is 24.6 Å². The van der Waals surface area contributed by atoms with Crippen molar-refractivity contribution in [2.24, 2.45) is 0 Å². The van der Waals surface area contributed by atoms with E-state index < -0.39 is 41.4 Å². The van der Waals surface area contributed by atoms with Gasteiger partial charge in [-0.25, -0.2) is 4.98 Å². The summed E-state index contributed by atoms with van der Waals surface area (Å²) in [5.74, 6) is -0.974. The number of halogens is 3. The predicted octanol–water partition coefficient (Wildman–Crippen LogP) is 3.99. The van der Waals surface area contributed by atoms with Crippen LogP contribution in [-0.2, 0) is 22.4 Å². The number of benzene rings is 2. The molecule has 0 bridgehead atoms. The van der Waals surface area contributed by atoms with E-state index in [-0.39, 0.29) is 32.0 Å². The molecule has 1 fully saturated rings. The van der Waals surface area contributed by atoms with Gasteiger partial charge in [0, 0.05) is 26.2 Å². The van der Waals surface area contributed by atoms with Crippen molar-refractivity contribution >= 4 is 23.5 Å². The summed E-state index contributed by atoms with van der Waals surface area (Å²) < 4.78 is 45.5. The lowest BCUT2D eigenvalue weighted by Crippen LogP contribution is -2.51. The zero-order valence-corrected chi connectivity index (χ0v) is 20.3. The van der Waals surface area contributed by atoms with Crippen LogP contribution in [0.5, 0.6) is 5.75 Å². The molecule has 2 aromatic carbocycles. The highest BCUT2D eigenvalue weighted by molar-refractivity contribution is 6.03. The number of rotatable bonds is 7. The monoisotopic (exact) mass is 526 g/mol. The predicted molar refractivity (Wildman–Crippen MR) is 132 cm³/mol. The number of alkyl halides is 3. The zero-order valence-electron chi connectivity index (χ0n) is 20.3. The van der Waals surface area contributed by atoms with Crippen molar-refractivity contribution in [1.82, 2.24) is 14.8 Å². The molecule has 1 saturated heterocycles. The SMILES string of the molecule is O=C(CC(=O)N1CCN(C(=O)c2ccccc2C(F)(F)F)CC1)Nc1ccc(OCc2ccccc2)cn1. The average molecular weight is 527 g/mol. The van der Waals surface area contributed by atoms with Gasteiger partial charge in [0.05, 0.1) is 17.3 Å². The second-order valence-electron chi connectivity index (χ2n) is 8.59. The lowest BCUT2D eigenvalue weighted by atomic mass is 10.1. The first-order chi connectivity index (χ1) is 18.2. The molecule has 1 aliphatic rings. The molecule has 0 atom stereocenters. The molecule has 3 amide bonds. The standard InChI is InChI=1S/C27H25F3N4O4/c28-27(29,30)22-9-5-4-8-21(22)26(37)34-14-12-33(13-15-34)25(36)16-24(35)32-23-11-10-20(17-31-23)38-18-19-6-2-1-3-7-19/h1-11,17H,12-16,18H2,(H,31,32,35). The van der Waals surface area contributed by atoms with Gasteiger partial charge in [-0.3, -0.25) is 14.4 Å². The fraction of sp³-hybridized carbons (Fsp3) is 0.259. The maximum absolute atomic E-state index is 13.3. The Bertz CT molecular complexity index is 1280. The molecule has 2 heterocycles. The van der Waals surface area contributed by atoms with Crippen LogP contribution in [0.4, 0.5) is 19.0 Å². The summed E-state index contributed by atoms with van der Waals surface area (Å²) >= 11 is 0. The Balaban J connectivity index is 1.24. The van der Waals surface area contributed by atoms with Crippen molar-refractivity contribution in [3.05, 3.63) is 89.6 Å². The number of ether oxygens (including phenoxy) is 1. The summed E-state index contributed by atoms with van der Waals surface area (Å²) in [6.45, 7) is 0.709. The van der Waals surface area contributed by atoms with Crippen LogP contribution in [0.1, 0.15) is 27.9 Å². The van der Waals surface area contributed by atoms with Gasteiger partial charge in [0.15, 0.2) is 0 Å². The minimum Gasteiger partial charge on any atom is -0.487 e. The quantitative estimate of drug-likeness (QED) is 0.470. The number of carbonyl (C=O) groups excluding carboxylic acids is 3. The van der Waals surface area contributed by atoms with Crippen molar-refractivity contribution in [3.63, 3.8) is 0 Å². The van der Waals surface area contributed by atoms with E-state index in [0.717, 1.165) is 17.7 Å². The smallest absolute Gasteiger partial charge is 0.417 e. The Morgan fingerprint density at radius 2 is 1.53 bits per heavy atom. The van der Waals surface area contributed by atoms with Crippen molar-refractivity contribution < 1.29 is 32.3 Å². The summed E-state index contributed by atoms with van der Waals surface area (Å²) in [7, 11) is 0. The van der Waals surface area contributed by atoms with Crippen LogP contribution in [0, 0.1) is 0 Å². The Kier molecular flexibility index (Phi) is 8.25. The van der Waals surface area contributed by atoms with Gasteiger partial charge in [0.2, 0.25) is 11.8 Å². The van der Waals surface area contributed by atoms with E-state index in [9.17, 15) is 27.6 Å². The van der Waals surface area contributed by atoms with Crippen LogP contribution in [0.15, 0.2) is 72.9 Å². The molecule has 1 aromatic heterocycles. The first-order valence-electron chi connectivity index (χ1n) is 11.9.